The second kappa shape index (κ2) is 7.49. The van der Waals surface area contributed by atoms with Gasteiger partial charge in [-0.05, 0) is 44.1 Å². The molecular weight excluding hydrogens is 306 g/mol. The highest BCUT2D eigenvalue weighted by molar-refractivity contribution is 5.93. The molecule has 3 heterocycles. The van der Waals surface area contributed by atoms with Crippen molar-refractivity contribution in [2.75, 3.05) is 19.6 Å². The second-order valence-corrected chi connectivity index (χ2v) is 6.20. The Morgan fingerprint density at radius 1 is 1.29 bits per heavy atom. The summed E-state index contributed by atoms with van der Waals surface area (Å²) in [6, 6.07) is 6.85. The van der Waals surface area contributed by atoms with Crippen LogP contribution in [-0.4, -0.2) is 35.0 Å². The van der Waals surface area contributed by atoms with Crippen molar-refractivity contribution in [1.82, 2.24) is 14.8 Å². The fourth-order valence-electron chi connectivity index (χ4n) is 3.10. The highest BCUT2D eigenvalue weighted by Gasteiger charge is 2.25. The van der Waals surface area contributed by atoms with Crippen molar-refractivity contribution in [3.05, 3.63) is 58.4 Å². The lowest BCUT2D eigenvalue weighted by molar-refractivity contribution is 0.0914. The molecule has 2 aromatic heterocycles. The van der Waals surface area contributed by atoms with Crippen molar-refractivity contribution in [3.8, 4) is 0 Å². The lowest BCUT2D eigenvalue weighted by Gasteiger charge is -2.33. The van der Waals surface area contributed by atoms with Gasteiger partial charge in [0, 0.05) is 31.4 Å². The number of nitrogens with one attached hydrogen (secondary N) is 1. The lowest BCUT2D eigenvalue weighted by Crippen LogP contribution is -2.40. The molecule has 6 heteroatoms. The number of carbonyl (C=O) groups excluding carboxylic acids is 1. The zero-order chi connectivity index (χ0) is 16.9. The topological polar surface area (TPSA) is 67.5 Å². The number of piperidine rings is 1. The van der Waals surface area contributed by atoms with Gasteiger partial charge in [-0.15, -0.1) is 0 Å². The molecule has 0 spiro atoms. The smallest absolute Gasteiger partial charge is 0.251 e. The molecule has 24 heavy (non-hydrogen) atoms. The van der Waals surface area contributed by atoms with Gasteiger partial charge in [0.1, 0.15) is 5.76 Å². The van der Waals surface area contributed by atoms with Crippen LogP contribution >= 0.6 is 0 Å². The molecule has 2 aromatic rings. The molecule has 128 valence electrons. The highest BCUT2D eigenvalue weighted by atomic mass is 16.3. The van der Waals surface area contributed by atoms with Gasteiger partial charge < -0.3 is 14.3 Å². The molecule has 1 fully saturated rings. The predicted octanol–water partition coefficient (Wildman–Crippen LogP) is 1.94. The number of aromatic nitrogens is 1. The minimum atomic E-state index is -0.235. The molecule has 0 unspecified atom stereocenters. The number of nitrogens with zero attached hydrogens (tertiary/aromatic N) is 2. The van der Waals surface area contributed by atoms with Gasteiger partial charge in [0.25, 0.3) is 11.5 Å². The summed E-state index contributed by atoms with van der Waals surface area (Å²) in [5, 5.41) is 2.94. The van der Waals surface area contributed by atoms with E-state index in [0.29, 0.717) is 12.1 Å². The highest BCUT2D eigenvalue weighted by Crippen LogP contribution is 2.24. The van der Waals surface area contributed by atoms with Gasteiger partial charge in [0.2, 0.25) is 0 Å². The number of pyridine rings is 1. The first-order chi connectivity index (χ1) is 11.6. The summed E-state index contributed by atoms with van der Waals surface area (Å²) in [5.74, 6) is 0.627. The largest absolute Gasteiger partial charge is 0.468 e. The quantitative estimate of drug-likeness (QED) is 0.910. The van der Waals surface area contributed by atoms with E-state index in [9.17, 15) is 9.59 Å². The third kappa shape index (κ3) is 3.76. The van der Waals surface area contributed by atoms with Crippen LogP contribution in [-0.2, 0) is 7.05 Å². The first-order valence-electron chi connectivity index (χ1n) is 8.37. The second-order valence-electron chi connectivity index (χ2n) is 6.20. The molecule has 0 radical (unpaired) electrons. The zero-order valence-corrected chi connectivity index (χ0v) is 13.9. The van der Waals surface area contributed by atoms with Crippen LogP contribution in [0.3, 0.4) is 0 Å². The van der Waals surface area contributed by atoms with E-state index >= 15 is 0 Å². The van der Waals surface area contributed by atoms with Gasteiger partial charge in [0.15, 0.2) is 0 Å². The molecule has 1 atom stereocenters. The van der Waals surface area contributed by atoms with Crippen molar-refractivity contribution in [2.24, 2.45) is 7.05 Å². The Labute approximate surface area is 141 Å². The molecule has 1 N–H and O–H groups in total. The molecule has 1 aliphatic rings. The van der Waals surface area contributed by atoms with Crippen molar-refractivity contribution in [2.45, 2.75) is 25.3 Å². The minimum Gasteiger partial charge on any atom is -0.468 e. The number of carbonyl (C=O) groups is 1. The standard InChI is InChI=1S/C18H23N3O3/c1-20-10-7-14(12-17(20)22)18(23)19-13-15(16-6-5-11-24-16)21-8-3-2-4-9-21/h5-7,10-12,15H,2-4,8-9,13H2,1H3,(H,19,23)/t15-/m1/s1. The number of likely N-dealkylation sites (tertiary alicyclic amines) is 1. The number of hydrogen-bond donors (Lipinski definition) is 1. The van der Waals surface area contributed by atoms with Gasteiger partial charge in [-0.1, -0.05) is 6.42 Å². The number of aryl methyl sites for hydroxylation is 1. The molecule has 3 rings (SSSR count). The molecule has 0 saturated carbocycles. The SMILES string of the molecule is Cn1ccc(C(=O)NC[C@H](c2ccco2)N2CCCCC2)cc1=O. The van der Waals surface area contributed by atoms with Crippen molar-refractivity contribution < 1.29 is 9.21 Å². The normalized spacial score (nSPS) is 16.7. The fraction of sp³-hybridized carbons (Fsp3) is 0.444. The van der Waals surface area contributed by atoms with E-state index < -0.39 is 0 Å². The van der Waals surface area contributed by atoms with Crippen LogP contribution in [0.25, 0.3) is 0 Å². The van der Waals surface area contributed by atoms with Gasteiger partial charge in [-0.25, -0.2) is 0 Å². The summed E-state index contributed by atoms with van der Waals surface area (Å²) in [7, 11) is 1.66. The lowest BCUT2D eigenvalue weighted by atomic mass is 10.1. The Kier molecular flexibility index (Phi) is 5.15. The number of hydrogen-bond acceptors (Lipinski definition) is 4. The minimum absolute atomic E-state index is 0.0239. The summed E-state index contributed by atoms with van der Waals surface area (Å²) < 4.78 is 7.02. The van der Waals surface area contributed by atoms with Crippen molar-refractivity contribution in [3.63, 3.8) is 0 Å². The van der Waals surface area contributed by atoms with Crippen molar-refractivity contribution in [1.29, 1.82) is 0 Å². The third-order valence-electron chi connectivity index (χ3n) is 4.53. The Morgan fingerprint density at radius 2 is 2.08 bits per heavy atom. The maximum absolute atomic E-state index is 12.4. The number of furan rings is 1. The van der Waals surface area contributed by atoms with Gasteiger partial charge in [0.05, 0.1) is 12.3 Å². The van der Waals surface area contributed by atoms with Gasteiger partial charge in [-0.3, -0.25) is 14.5 Å². The van der Waals surface area contributed by atoms with E-state index in [1.165, 1.54) is 29.9 Å². The summed E-state index contributed by atoms with van der Waals surface area (Å²) in [5.41, 5.74) is 0.191. The van der Waals surface area contributed by atoms with E-state index in [1.807, 2.05) is 12.1 Å². The predicted molar refractivity (Wildman–Crippen MR) is 90.9 cm³/mol. The van der Waals surface area contributed by atoms with Crippen LogP contribution in [0, 0.1) is 0 Å². The van der Waals surface area contributed by atoms with Crippen LogP contribution in [0.15, 0.2) is 45.9 Å². The molecule has 0 aliphatic carbocycles. The van der Waals surface area contributed by atoms with Gasteiger partial charge >= 0.3 is 0 Å². The Bertz CT molecular complexity index is 730. The molecule has 6 nitrogen and oxygen atoms in total. The fourth-order valence-corrected chi connectivity index (χ4v) is 3.10. The maximum atomic E-state index is 12.4. The van der Waals surface area contributed by atoms with E-state index in [2.05, 4.69) is 10.2 Å². The zero-order valence-electron chi connectivity index (χ0n) is 13.9. The molecule has 1 saturated heterocycles. The van der Waals surface area contributed by atoms with E-state index in [1.54, 1.807) is 25.6 Å². The summed E-state index contributed by atoms with van der Waals surface area (Å²) in [6.45, 7) is 2.47. The van der Waals surface area contributed by atoms with Gasteiger partial charge in [-0.2, -0.15) is 0 Å². The van der Waals surface area contributed by atoms with Crippen LogP contribution in [0.5, 0.6) is 0 Å². The van der Waals surface area contributed by atoms with E-state index in [4.69, 9.17) is 4.42 Å². The first-order valence-corrected chi connectivity index (χ1v) is 8.37. The average Bonchev–Trinajstić information content (AvgIpc) is 3.12. The average molecular weight is 329 g/mol. The molecule has 1 aliphatic heterocycles. The van der Waals surface area contributed by atoms with Crippen LogP contribution < -0.4 is 10.9 Å². The third-order valence-corrected chi connectivity index (χ3v) is 4.53. The van der Waals surface area contributed by atoms with Crippen LogP contribution in [0.4, 0.5) is 0 Å². The molecular formula is C18H23N3O3. The molecule has 1 amide bonds. The Morgan fingerprint density at radius 3 is 2.75 bits per heavy atom. The van der Waals surface area contributed by atoms with E-state index in [-0.39, 0.29) is 17.5 Å². The Hall–Kier alpha value is -2.34. The van der Waals surface area contributed by atoms with Crippen molar-refractivity contribution >= 4 is 5.91 Å². The number of amides is 1. The summed E-state index contributed by atoms with van der Waals surface area (Å²) >= 11 is 0. The first kappa shape index (κ1) is 16.5. The Balaban J connectivity index is 1.69. The summed E-state index contributed by atoms with van der Waals surface area (Å²) in [6.07, 6.45) is 6.85. The van der Waals surface area contributed by atoms with Crippen LogP contribution in [0.1, 0.15) is 41.4 Å². The number of rotatable bonds is 5. The van der Waals surface area contributed by atoms with Crippen LogP contribution in [0.2, 0.25) is 0 Å². The maximum Gasteiger partial charge on any atom is 0.251 e. The summed E-state index contributed by atoms with van der Waals surface area (Å²) in [4.78, 5) is 26.4. The molecule has 0 aromatic carbocycles. The van der Waals surface area contributed by atoms with E-state index in [0.717, 1.165) is 18.8 Å². The monoisotopic (exact) mass is 329 g/mol. The molecule has 0 bridgehead atoms.